The van der Waals surface area contributed by atoms with E-state index in [2.05, 4.69) is 15.1 Å². The Kier molecular flexibility index (Phi) is 1.52. The lowest BCUT2D eigenvalue weighted by Gasteiger charge is -2.11. The van der Waals surface area contributed by atoms with Crippen LogP contribution in [-0.4, -0.2) is 24.9 Å². The molecule has 0 unspecified atom stereocenters. The molecule has 2 aromatic rings. The van der Waals surface area contributed by atoms with Gasteiger partial charge in [0.05, 0.1) is 18.0 Å². The zero-order valence-electron chi connectivity index (χ0n) is 14.3. The van der Waals surface area contributed by atoms with Crippen LogP contribution in [0.2, 0.25) is 0 Å². The molecule has 0 atom stereocenters. The summed E-state index contributed by atoms with van der Waals surface area (Å²) < 4.78 is 46.0. The Labute approximate surface area is 102 Å². The molecule has 0 aromatic carbocycles. The molecule has 16 heavy (non-hydrogen) atoms. The molecule has 84 valence electrons. The molecule has 0 saturated heterocycles. The van der Waals surface area contributed by atoms with E-state index < -0.39 is 19.7 Å². The number of aliphatic hydroxyl groups is 1. The molecule has 0 aliphatic rings. The minimum absolute atomic E-state index is 0.198. The summed E-state index contributed by atoms with van der Waals surface area (Å²) in [4.78, 5) is 7.77. The summed E-state index contributed by atoms with van der Waals surface area (Å²) in [5, 5.41) is 13.2. The van der Waals surface area contributed by atoms with E-state index in [9.17, 15) is 5.11 Å². The minimum atomic E-state index is -2.78. The Bertz CT molecular complexity index is 637. The van der Waals surface area contributed by atoms with Crippen molar-refractivity contribution in [2.24, 2.45) is 0 Å². The van der Waals surface area contributed by atoms with Crippen LogP contribution < -0.4 is 0 Å². The first-order valence-electron chi connectivity index (χ1n) is 7.60. The van der Waals surface area contributed by atoms with Crippen LogP contribution >= 0.6 is 0 Å². The second-order valence-corrected chi connectivity index (χ2v) is 3.12. The van der Waals surface area contributed by atoms with Crippen molar-refractivity contribution in [3.8, 4) is 11.4 Å². The number of nitrogens with zero attached hydrogens (tertiary/aromatic N) is 4. The van der Waals surface area contributed by atoms with E-state index in [4.69, 9.17) is 8.22 Å². The number of hydrogen-bond acceptors (Lipinski definition) is 4. The Balaban J connectivity index is 2.62. The average molecular weight is 224 g/mol. The van der Waals surface area contributed by atoms with E-state index in [0.29, 0.717) is 5.56 Å². The fourth-order valence-electron chi connectivity index (χ4n) is 1.41. The van der Waals surface area contributed by atoms with Crippen molar-refractivity contribution >= 4 is 0 Å². The molecule has 2 aromatic heterocycles. The van der Waals surface area contributed by atoms with Gasteiger partial charge in [-0.15, -0.1) is 0 Å². The predicted octanol–water partition coefficient (Wildman–Crippen LogP) is 1.41. The SMILES string of the molecule is [2H]C([2H])([2H])C(n1nccc1-c1ncncc1CO)C([2H])([2H])[2H]. The fraction of sp³-hybridized carbons (Fsp3) is 0.364. The lowest BCUT2D eigenvalue weighted by Crippen LogP contribution is -2.06. The first kappa shape index (κ1) is 5.54. The van der Waals surface area contributed by atoms with Crippen molar-refractivity contribution in [1.29, 1.82) is 0 Å². The van der Waals surface area contributed by atoms with E-state index in [1.165, 1.54) is 24.8 Å². The number of aromatic nitrogens is 4. The topological polar surface area (TPSA) is 63.8 Å². The third-order valence-corrected chi connectivity index (χ3v) is 2.12. The van der Waals surface area contributed by atoms with Gasteiger partial charge in [0, 0.05) is 32.2 Å². The Hall–Kier alpha value is -1.75. The lowest BCUT2D eigenvalue weighted by atomic mass is 10.2. The van der Waals surface area contributed by atoms with Crippen LogP contribution in [0.15, 0.2) is 24.8 Å². The maximum atomic E-state index is 9.33. The van der Waals surface area contributed by atoms with Gasteiger partial charge in [0.25, 0.3) is 0 Å². The van der Waals surface area contributed by atoms with Gasteiger partial charge in [0.2, 0.25) is 0 Å². The summed E-state index contributed by atoms with van der Waals surface area (Å²) in [5.41, 5.74) is 0.788. The normalized spacial score (nSPS) is 18.1. The molecule has 2 rings (SSSR count). The van der Waals surface area contributed by atoms with Crippen molar-refractivity contribution in [1.82, 2.24) is 19.7 Å². The van der Waals surface area contributed by atoms with Crippen molar-refractivity contribution in [2.45, 2.75) is 26.4 Å². The maximum Gasteiger partial charge on any atom is 0.116 e. The van der Waals surface area contributed by atoms with Crippen molar-refractivity contribution in [3.05, 3.63) is 30.4 Å². The molecule has 0 spiro atoms. The fourth-order valence-corrected chi connectivity index (χ4v) is 1.41. The molecular formula is C11H14N4O. The Morgan fingerprint density at radius 3 is 3.19 bits per heavy atom. The Morgan fingerprint density at radius 1 is 1.56 bits per heavy atom. The highest BCUT2D eigenvalue weighted by molar-refractivity contribution is 5.58. The Morgan fingerprint density at radius 2 is 2.44 bits per heavy atom. The standard InChI is InChI=1S/C11H14N4O/c1-8(2)15-10(3-4-14-15)11-9(6-16)5-12-7-13-11/h3-5,7-8,16H,6H2,1-2H3/i1D3,2D3. The van der Waals surface area contributed by atoms with Gasteiger partial charge in [-0.05, 0) is 19.8 Å². The zero-order chi connectivity index (χ0) is 16.5. The highest BCUT2D eigenvalue weighted by atomic mass is 16.3. The summed E-state index contributed by atoms with van der Waals surface area (Å²) >= 11 is 0. The van der Waals surface area contributed by atoms with Gasteiger partial charge in [-0.1, -0.05) is 0 Å². The van der Waals surface area contributed by atoms with Gasteiger partial charge in [-0.3, -0.25) is 4.68 Å². The molecule has 0 aliphatic heterocycles. The number of aliphatic hydroxyl groups excluding tert-OH is 1. The molecule has 2 heterocycles. The van der Waals surface area contributed by atoms with Gasteiger partial charge < -0.3 is 5.11 Å². The van der Waals surface area contributed by atoms with Crippen LogP contribution in [0.4, 0.5) is 0 Å². The van der Waals surface area contributed by atoms with Crippen molar-refractivity contribution < 1.29 is 13.3 Å². The lowest BCUT2D eigenvalue weighted by molar-refractivity contribution is 0.281. The highest BCUT2D eigenvalue weighted by Gasteiger charge is 2.12. The van der Waals surface area contributed by atoms with Crippen LogP contribution in [0.1, 0.15) is 33.5 Å². The molecule has 0 bridgehead atoms. The van der Waals surface area contributed by atoms with E-state index in [0.717, 1.165) is 4.68 Å². The molecule has 0 amide bonds. The monoisotopic (exact) mass is 224 g/mol. The quantitative estimate of drug-likeness (QED) is 0.856. The predicted molar refractivity (Wildman–Crippen MR) is 59.6 cm³/mol. The van der Waals surface area contributed by atoms with E-state index >= 15 is 0 Å². The second kappa shape index (κ2) is 4.40. The molecule has 1 N–H and O–H groups in total. The summed E-state index contributed by atoms with van der Waals surface area (Å²) in [6.45, 7) is -5.93. The second-order valence-electron chi connectivity index (χ2n) is 3.12. The van der Waals surface area contributed by atoms with Crippen LogP contribution in [-0.2, 0) is 6.61 Å². The summed E-state index contributed by atoms with van der Waals surface area (Å²) in [6, 6.07) is -0.363. The molecule has 0 fully saturated rings. The summed E-state index contributed by atoms with van der Waals surface area (Å²) in [7, 11) is 0. The van der Waals surface area contributed by atoms with Gasteiger partial charge in [-0.25, -0.2) is 9.97 Å². The first-order valence-corrected chi connectivity index (χ1v) is 4.60. The van der Waals surface area contributed by atoms with Crippen LogP contribution in [0.3, 0.4) is 0 Å². The third kappa shape index (κ3) is 1.81. The maximum absolute atomic E-state index is 9.33. The molecule has 0 radical (unpaired) electrons. The molecular weight excluding hydrogens is 204 g/mol. The third-order valence-electron chi connectivity index (χ3n) is 2.12. The van der Waals surface area contributed by atoms with Crippen LogP contribution in [0.5, 0.6) is 0 Å². The van der Waals surface area contributed by atoms with E-state index in [1.807, 2.05) is 0 Å². The van der Waals surface area contributed by atoms with Gasteiger partial charge in [0.1, 0.15) is 6.33 Å². The summed E-state index contributed by atoms with van der Waals surface area (Å²) in [5.74, 6) is 0. The number of hydrogen-bond donors (Lipinski definition) is 1. The zero-order valence-corrected chi connectivity index (χ0v) is 8.33. The van der Waals surface area contributed by atoms with E-state index in [-0.39, 0.29) is 18.0 Å². The molecule has 5 nitrogen and oxygen atoms in total. The number of rotatable bonds is 3. The van der Waals surface area contributed by atoms with Crippen molar-refractivity contribution in [3.63, 3.8) is 0 Å². The summed E-state index contributed by atoms with van der Waals surface area (Å²) in [6.07, 6.45) is 3.90. The van der Waals surface area contributed by atoms with E-state index in [1.54, 1.807) is 0 Å². The first-order chi connectivity index (χ1) is 10.2. The molecule has 0 aliphatic carbocycles. The van der Waals surface area contributed by atoms with Crippen LogP contribution in [0.25, 0.3) is 11.4 Å². The van der Waals surface area contributed by atoms with Crippen molar-refractivity contribution in [2.75, 3.05) is 0 Å². The van der Waals surface area contributed by atoms with Gasteiger partial charge in [-0.2, -0.15) is 5.10 Å². The minimum Gasteiger partial charge on any atom is -0.392 e. The largest absolute Gasteiger partial charge is 0.392 e. The highest BCUT2D eigenvalue weighted by Crippen LogP contribution is 2.22. The smallest absolute Gasteiger partial charge is 0.116 e. The molecule has 0 saturated carbocycles. The molecule has 5 heteroatoms. The van der Waals surface area contributed by atoms with Crippen LogP contribution in [0, 0.1) is 0 Å². The average Bonchev–Trinajstić information content (AvgIpc) is 2.83. The van der Waals surface area contributed by atoms with Gasteiger partial charge >= 0.3 is 0 Å². The van der Waals surface area contributed by atoms with Gasteiger partial charge in [0.15, 0.2) is 0 Å².